The molecule has 4 rings (SSSR count). The van der Waals surface area contributed by atoms with Crippen LogP contribution in [0.15, 0.2) is 66.0 Å². The molecule has 2 aromatic carbocycles. The number of piperidine rings is 1. The zero-order valence-corrected chi connectivity index (χ0v) is 18.0. The second-order valence-corrected chi connectivity index (χ2v) is 9.10. The number of nitrogens with one attached hydrogen (secondary N) is 1. The van der Waals surface area contributed by atoms with E-state index < -0.39 is 17.5 Å². The van der Waals surface area contributed by atoms with Crippen LogP contribution in [0.1, 0.15) is 40.2 Å². The van der Waals surface area contributed by atoms with Crippen LogP contribution in [0, 0.1) is 5.82 Å². The van der Waals surface area contributed by atoms with Crippen molar-refractivity contribution in [3.8, 4) is 5.75 Å². The van der Waals surface area contributed by atoms with Gasteiger partial charge in [0.25, 0.3) is 5.91 Å². The Bertz CT molecular complexity index is 1040. The number of phenols is 1. The van der Waals surface area contributed by atoms with E-state index in [9.17, 15) is 19.4 Å². The lowest BCUT2D eigenvalue weighted by Gasteiger charge is -2.48. The van der Waals surface area contributed by atoms with Crippen molar-refractivity contribution >= 4 is 17.2 Å². The van der Waals surface area contributed by atoms with Crippen LogP contribution in [-0.2, 0) is 6.54 Å². The van der Waals surface area contributed by atoms with Crippen molar-refractivity contribution < 1.29 is 19.4 Å². The number of benzene rings is 2. The lowest BCUT2D eigenvalue weighted by molar-refractivity contribution is -0.0657. The van der Waals surface area contributed by atoms with Gasteiger partial charge in [0, 0.05) is 29.1 Å². The Hall–Kier alpha value is -2.74. The molecule has 1 aliphatic rings. The molecule has 0 saturated carbocycles. The third-order valence-corrected chi connectivity index (χ3v) is 6.82. The number of carbonyl (C=O) groups excluding carboxylic acids is 1. The molecular weight excluding hydrogens is 415 g/mol. The largest absolute Gasteiger partial charge is 0.508 e. The Balaban J connectivity index is 1.66. The lowest BCUT2D eigenvalue weighted by Crippen LogP contribution is -2.62. The Labute approximate surface area is 184 Å². The molecule has 1 saturated heterocycles. The summed E-state index contributed by atoms with van der Waals surface area (Å²) in [7, 11) is 0. The maximum atomic E-state index is 13.3. The molecule has 162 valence electrons. The van der Waals surface area contributed by atoms with Gasteiger partial charge in [-0.05, 0) is 55.1 Å². The first-order valence-corrected chi connectivity index (χ1v) is 11.1. The van der Waals surface area contributed by atoms with Gasteiger partial charge in [-0.2, -0.15) is 0 Å². The minimum absolute atomic E-state index is 0.219. The van der Waals surface area contributed by atoms with E-state index in [2.05, 4.69) is 10.2 Å². The lowest BCUT2D eigenvalue weighted by atomic mass is 9.81. The van der Waals surface area contributed by atoms with Crippen LogP contribution < -0.4 is 5.32 Å². The molecule has 0 bridgehead atoms. The molecule has 5 nitrogen and oxygen atoms in total. The smallest absolute Gasteiger partial charge is 0.251 e. The molecule has 3 atom stereocenters. The van der Waals surface area contributed by atoms with E-state index in [0.29, 0.717) is 25.1 Å². The van der Waals surface area contributed by atoms with Crippen molar-refractivity contribution in [1.29, 1.82) is 0 Å². The molecule has 0 spiro atoms. The van der Waals surface area contributed by atoms with Crippen LogP contribution in [0.3, 0.4) is 0 Å². The van der Waals surface area contributed by atoms with Crippen LogP contribution in [-0.4, -0.2) is 39.2 Å². The number of thiophene rings is 1. The van der Waals surface area contributed by atoms with Gasteiger partial charge in [-0.15, -0.1) is 11.3 Å². The second-order valence-electron chi connectivity index (χ2n) is 8.12. The van der Waals surface area contributed by atoms with Crippen LogP contribution in [0.4, 0.5) is 4.39 Å². The van der Waals surface area contributed by atoms with Crippen molar-refractivity contribution in [3.63, 3.8) is 0 Å². The van der Waals surface area contributed by atoms with Crippen LogP contribution in [0.25, 0.3) is 0 Å². The van der Waals surface area contributed by atoms with Gasteiger partial charge in [0.05, 0.1) is 17.7 Å². The van der Waals surface area contributed by atoms with E-state index in [4.69, 9.17) is 0 Å². The van der Waals surface area contributed by atoms with Gasteiger partial charge in [-0.1, -0.05) is 24.3 Å². The molecule has 1 fully saturated rings. The highest BCUT2D eigenvalue weighted by atomic mass is 32.1. The average Bonchev–Trinajstić information content (AvgIpc) is 3.27. The van der Waals surface area contributed by atoms with E-state index in [1.54, 1.807) is 30.4 Å². The van der Waals surface area contributed by atoms with Gasteiger partial charge in [-0.3, -0.25) is 9.69 Å². The second kappa shape index (κ2) is 8.78. The summed E-state index contributed by atoms with van der Waals surface area (Å²) in [6.07, 6.45) is 0.455. The summed E-state index contributed by atoms with van der Waals surface area (Å²) in [4.78, 5) is 16.1. The Morgan fingerprint density at radius 1 is 1.19 bits per heavy atom. The highest BCUT2D eigenvalue weighted by molar-refractivity contribution is 7.10. The highest BCUT2D eigenvalue weighted by Gasteiger charge is 2.46. The average molecular weight is 441 g/mol. The third-order valence-electron chi connectivity index (χ3n) is 5.88. The minimum Gasteiger partial charge on any atom is -0.508 e. The molecule has 3 N–H and O–H groups in total. The number of para-hydroxylation sites is 1. The summed E-state index contributed by atoms with van der Waals surface area (Å²) in [5, 5.41) is 26.5. The highest BCUT2D eigenvalue weighted by Crippen LogP contribution is 2.40. The predicted octanol–water partition coefficient (Wildman–Crippen LogP) is 4.09. The van der Waals surface area contributed by atoms with Crippen LogP contribution in [0.5, 0.6) is 5.75 Å². The number of aliphatic hydroxyl groups is 1. The normalized spacial score (nSPS) is 24.1. The predicted molar refractivity (Wildman–Crippen MR) is 118 cm³/mol. The maximum absolute atomic E-state index is 13.3. The quantitative estimate of drug-likeness (QED) is 0.559. The number of carbonyl (C=O) groups is 1. The fourth-order valence-corrected chi connectivity index (χ4v) is 5.02. The van der Waals surface area contributed by atoms with Crippen LogP contribution >= 0.6 is 11.3 Å². The number of amides is 1. The van der Waals surface area contributed by atoms with Gasteiger partial charge >= 0.3 is 0 Å². The van der Waals surface area contributed by atoms with Crippen molar-refractivity contribution in [2.75, 3.05) is 6.54 Å². The van der Waals surface area contributed by atoms with Crippen molar-refractivity contribution in [2.24, 2.45) is 0 Å². The first-order valence-electron chi connectivity index (χ1n) is 10.2. The van der Waals surface area contributed by atoms with Gasteiger partial charge < -0.3 is 15.5 Å². The Morgan fingerprint density at radius 2 is 1.94 bits per heavy atom. The molecule has 0 unspecified atom stereocenters. The van der Waals surface area contributed by atoms with Gasteiger partial charge in [0.2, 0.25) is 0 Å². The zero-order chi connectivity index (χ0) is 22.0. The number of rotatable bonds is 5. The monoisotopic (exact) mass is 440 g/mol. The van der Waals surface area contributed by atoms with Gasteiger partial charge in [-0.25, -0.2) is 4.39 Å². The molecule has 0 radical (unpaired) electrons. The maximum Gasteiger partial charge on any atom is 0.251 e. The molecule has 1 aliphatic heterocycles. The summed E-state index contributed by atoms with van der Waals surface area (Å²) in [6.45, 7) is 2.82. The van der Waals surface area contributed by atoms with Crippen molar-refractivity contribution in [3.05, 3.63) is 87.9 Å². The number of aromatic hydroxyl groups is 1. The standard InChI is InChI=1S/C24H25FN2O3S/c1-24(30)12-13-27(15-17-5-2-3-6-19(17)28)21(20-7-4-14-31-20)22(24)26-23(29)16-8-10-18(25)11-9-16/h2-11,14,21-22,28,30H,12-13,15H2,1H3,(H,26,29)/t21-,22-,24+/m0/s1. The van der Waals surface area contributed by atoms with Gasteiger partial charge in [0.1, 0.15) is 11.6 Å². The fourth-order valence-electron chi connectivity index (χ4n) is 4.12. The molecular formula is C24H25FN2O3S. The Morgan fingerprint density at radius 3 is 2.61 bits per heavy atom. The van der Waals surface area contributed by atoms with E-state index >= 15 is 0 Å². The van der Waals surface area contributed by atoms with Gasteiger partial charge in [0.15, 0.2) is 0 Å². The summed E-state index contributed by atoms with van der Waals surface area (Å²) >= 11 is 1.56. The number of likely N-dealkylation sites (tertiary alicyclic amines) is 1. The number of nitrogens with zero attached hydrogens (tertiary/aromatic N) is 1. The first kappa shape index (κ1) is 21.5. The van der Waals surface area contributed by atoms with E-state index in [0.717, 1.165) is 10.4 Å². The number of hydrogen-bond acceptors (Lipinski definition) is 5. The fraction of sp³-hybridized carbons (Fsp3) is 0.292. The zero-order valence-electron chi connectivity index (χ0n) is 17.2. The number of halogens is 1. The number of phenolic OH excluding ortho intramolecular Hbond substituents is 1. The molecule has 7 heteroatoms. The summed E-state index contributed by atoms with van der Waals surface area (Å²) in [5.74, 6) is -0.556. The van der Waals surface area contributed by atoms with E-state index in [-0.39, 0.29) is 17.7 Å². The summed E-state index contributed by atoms with van der Waals surface area (Å²) in [6, 6.07) is 15.6. The summed E-state index contributed by atoms with van der Waals surface area (Å²) in [5.41, 5.74) is -0.0197. The SMILES string of the molecule is C[C@@]1(O)CCN(Cc2ccccc2O)[C@@H](c2cccs2)[C@@H]1NC(=O)c1ccc(F)cc1. The Kier molecular flexibility index (Phi) is 6.09. The number of hydrogen-bond donors (Lipinski definition) is 3. The molecule has 1 aromatic heterocycles. The molecule has 31 heavy (non-hydrogen) atoms. The van der Waals surface area contributed by atoms with E-state index in [1.807, 2.05) is 29.6 Å². The molecule has 2 heterocycles. The molecule has 1 amide bonds. The summed E-state index contributed by atoms with van der Waals surface area (Å²) < 4.78 is 13.3. The van der Waals surface area contributed by atoms with Crippen LogP contribution in [0.2, 0.25) is 0 Å². The molecule has 3 aromatic rings. The topological polar surface area (TPSA) is 72.8 Å². The first-order chi connectivity index (χ1) is 14.8. The third kappa shape index (κ3) is 4.63. The molecule has 0 aliphatic carbocycles. The minimum atomic E-state index is -1.14. The van der Waals surface area contributed by atoms with Crippen molar-refractivity contribution in [2.45, 2.75) is 37.6 Å². The van der Waals surface area contributed by atoms with Crippen molar-refractivity contribution in [1.82, 2.24) is 10.2 Å². The van der Waals surface area contributed by atoms with E-state index in [1.165, 1.54) is 24.3 Å².